The van der Waals surface area contributed by atoms with Gasteiger partial charge in [-0.3, -0.25) is 9.59 Å². The third kappa shape index (κ3) is 4.25. The largest absolute Gasteiger partial charge is 0.355 e. The van der Waals surface area contributed by atoms with Gasteiger partial charge in [0.05, 0.1) is 6.54 Å². The summed E-state index contributed by atoms with van der Waals surface area (Å²) < 4.78 is 5.20. The molecule has 3 rings (SSSR count). The number of carbonyl (C=O) groups is 2. The molecule has 2 aromatic carbocycles. The van der Waals surface area contributed by atoms with Gasteiger partial charge in [-0.25, -0.2) is 0 Å². The highest BCUT2D eigenvalue weighted by Gasteiger charge is 2.12. The normalized spacial score (nSPS) is 9.88. The van der Waals surface area contributed by atoms with E-state index in [1.165, 1.54) is 6.92 Å². The van der Waals surface area contributed by atoms with Gasteiger partial charge >= 0.3 is 0 Å². The fourth-order valence-corrected chi connectivity index (χ4v) is 2.27. The van der Waals surface area contributed by atoms with Crippen LogP contribution in [0.1, 0.15) is 33.3 Å². The Kier molecular flexibility index (Phi) is 5.25. The van der Waals surface area contributed by atoms with Gasteiger partial charge in [-0.2, -0.15) is 0 Å². The first-order chi connectivity index (χ1) is 12.6. The van der Waals surface area contributed by atoms with Gasteiger partial charge < -0.3 is 9.84 Å². The maximum atomic E-state index is 12.1. The smallest absolute Gasteiger partial charge is 0.274 e. The summed E-state index contributed by atoms with van der Waals surface area (Å²) >= 11 is 0. The van der Waals surface area contributed by atoms with Crippen LogP contribution in [-0.2, 0) is 0 Å². The van der Waals surface area contributed by atoms with E-state index in [0.29, 0.717) is 11.3 Å². The molecule has 0 aliphatic heterocycles. The molecule has 3 aromatic rings. The standard InChI is InChI=1S/C21H16N2O3/c1-15(24)17-11-9-16(10-12-17)6-5-13-22-21(25)19-14-20(26-23-19)18-7-3-2-4-8-18/h2-4,7-12,14H,13H2,1H3,(H,22,25). The van der Waals surface area contributed by atoms with Gasteiger partial charge in [-0.1, -0.05) is 59.5 Å². The second-order valence-corrected chi connectivity index (χ2v) is 5.56. The van der Waals surface area contributed by atoms with Gasteiger partial charge in [0.2, 0.25) is 0 Å². The van der Waals surface area contributed by atoms with Gasteiger partial charge in [0.25, 0.3) is 5.91 Å². The number of nitrogens with zero attached hydrogens (tertiary/aromatic N) is 1. The number of ketones is 1. The van der Waals surface area contributed by atoms with Crippen LogP contribution in [0, 0.1) is 11.8 Å². The fourth-order valence-electron chi connectivity index (χ4n) is 2.27. The summed E-state index contributed by atoms with van der Waals surface area (Å²) in [6.07, 6.45) is 0. The molecule has 0 unspecified atom stereocenters. The van der Waals surface area contributed by atoms with Gasteiger partial charge in [-0.15, -0.1) is 0 Å². The lowest BCUT2D eigenvalue weighted by Crippen LogP contribution is -2.23. The SMILES string of the molecule is CC(=O)c1ccc(C#CCNC(=O)c2cc(-c3ccccc3)on2)cc1. The molecule has 1 N–H and O–H groups in total. The van der Waals surface area contributed by atoms with E-state index in [1.807, 2.05) is 30.3 Å². The minimum atomic E-state index is -0.350. The molecule has 5 heteroatoms. The van der Waals surface area contributed by atoms with Gasteiger partial charge in [-0.05, 0) is 19.1 Å². The number of benzene rings is 2. The van der Waals surface area contributed by atoms with Crippen LogP contribution in [0.4, 0.5) is 0 Å². The number of hydrogen-bond acceptors (Lipinski definition) is 4. The summed E-state index contributed by atoms with van der Waals surface area (Å²) in [4.78, 5) is 23.3. The number of hydrogen-bond donors (Lipinski definition) is 1. The molecule has 0 bridgehead atoms. The molecule has 128 valence electrons. The van der Waals surface area contributed by atoms with E-state index >= 15 is 0 Å². The number of amides is 1. The van der Waals surface area contributed by atoms with Crippen molar-refractivity contribution in [3.8, 4) is 23.2 Å². The first-order valence-corrected chi connectivity index (χ1v) is 8.04. The van der Waals surface area contributed by atoms with E-state index in [-0.39, 0.29) is 23.9 Å². The summed E-state index contributed by atoms with van der Waals surface area (Å²) in [6, 6.07) is 18.0. The van der Waals surface area contributed by atoms with Gasteiger partial charge in [0.15, 0.2) is 17.2 Å². The highest BCUT2D eigenvalue weighted by molar-refractivity contribution is 5.94. The van der Waals surface area contributed by atoms with Crippen LogP contribution in [0.3, 0.4) is 0 Å². The Hall–Kier alpha value is -3.65. The summed E-state index contributed by atoms with van der Waals surface area (Å²) in [5.41, 5.74) is 2.48. The summed E-state index contributed by atoms with van der Waals surface area (Å²) in [6.45, 7) is 1.70. The lowest BCUT2D eigenvalue weighted by atomic mass is 10.1. The molecule has 0 aliphatic carbocycles. The van der Waals surface area contributed by atoms with Crippen molar-refractivity contribution in [1.29, 1.82) is 0 Å². The van der Waals surface area contributed by atoms with Crippen molar-refractivity contribution in [2.24, 2.45) is 0 Å². The van der Waals surface area contributed by atoms with Crippen molar-refractivity contribution in [3.63, 3.8) is 0 Å². The minimum absolute atomic E-state index is 0.0132. The molecular weight excluding hydrogens is 328 g/mol. The third-order valence-electron chi connectivity index (χ3n) is 3.66. The van der Waals surface area contributed by atoms with Crippen LogP contribution in [0.15, 0.2) is 65.2 Å². The zero-order valence-corrected chi connectivity index (χ0v) is 14.2. The molecule has 5 nitrogen and oxygen atoms in total. The lowest BCUT2D eigenvalue weighted by Gasteiger charge is -1.96. The molecule has 0 fully saturated rings. The Bertz CT molecular complexity index is 977. The van der Waals surface area contributed by atoms with Crippen LogP contribution in [0.2, 0.25) is 0 Å². The number of Topliss-reactive ketones (excluding diaryl/α,β-unsaturated/α-hetero) is 1. The quantitative estimate of drug-likeness (QED) is 0.582. The third-order valence-corrected chi connectivity index (χ3v) is 3.66. The maximum absolute atomic E-state index is 12.1. The average molecular weight is 344 g/mol. The molecule has 0 aliphatic rings. The predicted molar refractivity (Wildman–Crippen MR) is 97.6 cm³/mol. The average Bonchev–Trinajstić information content (AvgIpc) is 3.16. The maximum Gasteiger partial charge on any atom is 0.274 e. The van der Waals surface area contributed by atoms with Crippen molar-refractivity contribution in [1.82, 2.24) is 10.5 Å². The minimum Gasteiger partial charge on any atom is -0.355 e. The van der Waals surface area contributed by atoms with Crippen LogP contribution in [-0.4, -0.2) is 23.4 Å². The van der Waals surface area contributed by atoms with Gasteiger partial charge in [0, 0.05) is 22.8 Å². The van der Waals surface area contributed by atoms with E-state index in [0.717, 1.165) is 11.1 Å². The van der Waals surface area contributed by atoms with E-state index in [1.54, 1.807) is 30.3 Å². The molecule has 1 amide bonds. The molecule has 1 heterocycles. The Labute approximate surface area is 151 Å². The van der Waals surface area contributed by atoms with Crippen molar-refractivity contribution in [2.45, 2.75) is 6.92 Å². The zero-order chi connectivity index (χ0) is 18.4. The van der Waals surface area contributed by atoms with Gasteiger partial charge in [0.1, 0.15) is 0 Å². The molecule has 0 radical (unpaired) electrons. The van der Waals surface area contributed by atoms with Crippen molar-refractivity contribution in [3.05, 3.63) is 77.5 Å². The fraction of sp³-hybridized carbons (Fsp3) is 0.0952. The van der Waals surface area contributed by atoms with Crippen LogP contribution < -0.4 is 5.32 Å². The first-order valence-electron chi connectivity index (χ1n) is 8.04. The summed E-state index contributed by atoms with van der Waals surface area (Å²) in [5.74, 6) is 5.99. The second kappa shape index (κ2) is 7.95. The molecule has 0 spiro atoms. The van der Waals surface area contributed by atoms with Crippen LogP contribution in [0.5, 0.6) is 0 Å². The first kappa shape index (κ1) is 17.2. The van der Waals surface area contributed by atoms with E-state index in [4.69, 9.17) is 4.52 Å². The molecule has 0 atom stereocenters. The topological polar surface area (TPSA) is 72.2 Å². The number of nitrogens with one attached hydrogen (secondary N) is 1. The summed E-state index contributed by atoms with van der Waals surface area (Å²) in [5, 5.41) is 6.46. The van der Waals surface area contributed by atoms with E-state index < -0.39 is 0 Å². The van der Waals surface area contributed by atoms with E-state index in [9.17, 15) is 9.59 Å². The Morgan fingerprint density at radius 1 is 1.08 bits per heavy atom. The number of rotatable bonds is 4. The Morgan fingerprint density at radius 3 is 2.50 bits per heavy atom. The van der Waals surface area contributed by atoms with Crippen molar-refractivity contribution < 1.29 is 14.1 Å². The number of aromatic nitrogens is 1. The van der Waals surface area contributed by atoms with Crippen LogP contribution in [0.25, 0.3) is 11.3 Å². The molecule has 26 heavy (non-hydrogen) atoms. The second-order valence-electron chi connectivity index (χ2n) is 5.56. The lowest BCUT2D eigenvalue weighted by molar-refractivity contribution is 0.0948. The number of carbonyl (C=O) groups excluding carboxylic acids is 2. The van der Waals surface area contributed by atoms with Crippen LogP contribution >= 0.6 is 0 Å². The Balaban J connectivity index is 1.57. The zero-order valence-electron chi connectivity index (χ0n) is 14.2. The highest BCUT2D eigenvalue weighted by atomic mass is 16.5. The summed E-state index contributed by atoms with van der Waals surface area (Å²) in [7, 11) is 0. The molecule has 1 aromatic heterocycles. The Morgan fingerprint density at radius 2 is 1.81 bits per heavy atom. The molecular formula is C21H16N2O3. The molecule has 0 saturated carbocycles. The monoisotopic (exact) mass is 344 g/mol. The predicted octanol–water partition coefficient (Wildman–Crippen LogP) is 3.33. The highest BCUT2D eigenvalue weighted by Crippen LogP contribution is 2.19. The molecule has 0 saturated heterocycles. The van der Waals surface area contributed by atoms with Crippen molar-refractivity contribution in [2.75, 3.05) is 6.54 Å². The van der Waals surface area contributed by atoms with Crippen molar-refractivity contribution >= 4 is 11.7 Å². The van der Waals surface area contributed by atoms with E-state index in [2.05, 4.69) is 22.3 Å².